The predicted octanol–water partition coefficient (Wildman–Crippen LogP) is 3.41. The van der Waals surface area contributed by atoms with Gasteiger partial charge in [0, 0.05) is 19.2 Å². The van der Waals surface area contributed by atoms with E-state index in [0.717, 1.165) is 19.3 Å². The smallest absolute Gasteiger partial charge is 0.311 e. The molecule has 1 atom stereocenters. The van der Waals surface area contributed by atoms with Crippen molar-refractivity contribution >= 4 is 17.3 Å². The highest BCUT2D eigenvalue weighted by Crippen LogP contribution is 2.38. The van der Waals surface area contributed by atoms with Crippen LogP contribution in [0.15, 0.2) is 12.1 Å². The minimum atomic E-state index is -0.384. The van der Waals surface area contributed by atoms with Gasteiger partial charge in [-0.3, -0.25) is 10.1 Å². The standard InChI is InChI=1S/C14H22N4O2/c1-14(2)9-5-4-6-11(14)16-13-10(18(19)20)7-8-12(15-3)17-13/h7-8,11H,4-6,9H2,1-3H3,(H2,15,16,17). The van der Waals surface area contributed by atoms with Gasteiger partial charge in [0.2, 0.25) is 5.82 Å². The summed E-state index contributed by atoms with van der Waals surface area (Å²) >= 11 is 0. The van der Waals surface area contributed by atoms with Crippen molar-refractivity contribution in [2.45, 2.75) is 45.6 Å². The predicted molar refractivity (Wildman–Crippen MR) is 80.1 cm³/mol. The highest BCUT2D eigenvalue weighted by molar-refractivity contribution is 5.60. The Hall–Kier alpha value is -1.85. The Balaban J connectivity index is 2.29. The molecule has 2 N–H and O–H groups in total. The number of nitrogens with zero attached hydrogens (tertiary/aromatic N) is 2. The van der Waals surface area contributed by atoms with Gasteiger partial charge in [-0.25, -0.2) is 4.98 Å². The lowest BCUT2D eigenvalue weighted by Gasteiger charge is -2.39. The fourth-order valence-corrected chi connectivity index (χ4v) is 2.77. The van der Waals surface area contributed by atoms with Gasteiger partial charge in [-0.05, 0) is 24.3 Å². The van der Waals surface area contributed by atoms with Gasteiger partial charge < -0.3 is 10.6 Å². The molecule has 2 rings (SSSR count). The number of rotatable bonds is 4. The Kier molecular flexibility index (Phi) is 4.11. The van der Waals surface area contributed by atoms with Gasteiger partial charge in [-0.15, -0.1) is 0 Å². The summed E-state index contributed by atoms with van der Waals surface area (Å²) in [6.45, 7) is 4.41. The van der Waals surface area contributed by atoms with Crippen molar-refractivity contribution < 1.29 is 4.92 Å². The van der Waals surface area contributed by atoms with Crippen molar-refractivity contribution in [2.75, 3.05) is 17.7 Å². The van der Waals surface area contributed by atoms with Crippen LogP contribution >= 0.6 is 0 Å². The Labute approximate surface area is 119 Å². The maximum atomic E-state index is 11.1. The fraction of sp³-hybridized carbons (Fsp3) is 0.643. The molecule has 1 aliphatic rings. The molecule has 0 bridgehead atoms. The van der Waals surface area contributed by atoms with Gasteiger partial charge in [0.1, 0.15) is 5.82 Å². The number of nitro groups is 1. The summed E-state index contributed by atoms with van der Waals surface area (Å²) in [6.07, 6.45) is 4.53. The van der Waals surface area contributed by atoms with E-state index in [1.165, 1.54) is 12.5 Å². The van der Waals surface area contributed by atoms with E-state index in [4.69, 9.17) is 0 Å². The molecule has 0 spiro atoms. The first-order valence-electron chi connectivity index (χ1n) is 7.04. The lowest BCUT2D eigenvalue weighted by Crippen LogP contribution is -2.39. The van der Waals surface area contributed by atoms with E-state index in [9.17, 15) is 10.1 Å². The summed E-state index contributed by atoms with van der Waals surface area (Å²) in [4.78, 5) is 15.1. The minimum Gasteiger partial charge on any atom is -0.373 e. The Morgan fingerprint density at radius 3 is 2.75 bits per heavy atom. The van der Waals surface area contributed by atoms with E-state index in [1.807, 2.05) is 0 Å². The maximum absolute atomic E-state index is 11.1. The molecule has 0 radical (unpaired) electrons. The molecule has 1 aromatic rings. The highest BCUT2D eigenvalue weighted by atomic mass is 16.6. The summed E-state index contributed by atoms with van der Waals surface area (Å²) in [5.41, 5.74) is 0.161. The third-order valence-electron chi connectivity index (χ3n) is 4.14. The molecule has 1 fully saturated rings. The van der Waals surface area contributed by atoms with Crippen LogP contribution in [-0.4, -0.2) is 23.0 Å². The van der Waals surface area contributed by atoms with Crippen molar-refractivity contribution in [3.63, 3.8) is 0 Å². The second-order valence-electron chi connectivity index (χ2n) is 6.00. The van der Waals surface area contributed by atoms with Gasteiger partial charge in [-0.2, -0.15) is 0 Å². The molecule has 110 valence electrons. The van der Waals surface area contributed by atoms with Gasteiger partial charge in [0.05, 0.1) is 4.92 Å². The summed E-state index contributed by atoms with van der Waals surface area (Å²) in [5, 5.41) is 17.4. The largest absolute Gasteiger partial charge is 0.373 e. The molecule has 1 saturated carbocycles. The molecular formula is C14H22N4O2. The summed E-state index contributed by atoms with van der Waals surface area (Å²) in [7, 11) is 1.75. The Morgan fingerprint density at radius 1 is 1.40 bits per heavy atom. The molecular weight excluding hydrogens is 256 g/mol. The second-order valence-corrected chi connectivity index (χ2v) is 6.00. The Bertz CT molecular complexity index is 502. The zero-order valence-corrected chi connectivity index (χ0v) is 12.3. The average Bonchev–Trinajstić information content (AvgIpc) is 2.40. The Morgan fingerprint density at radius 2 is 2.15 bits per heavy atom. The number of hydrogen-bond acceptors (Lipinski definition) is 5. The van der Waals surface area contributed by atoms with Gasteiger partial charge in [-0.1, -0.05) is 26.7 Å². The van der Waals surface area contributed by atoms with E-state index in [0.29, 0.717) is 11.6 Å². The van der Waals surface area contributed by atoms with E-state index in [-0.39, 0.29) is 22.1 Å². The summed E-state index contributed by atoms with van der Waals surface area (Å²) in [5.74, 6) is 0.994. The van der Waals surface area contributed by atoms with E-state index in [2.05, 4.69) is 29.5 Å². The summed E-state index contributed by atoms with van der Waals surface area (Å²) in [6, 6.07) is 3.33. The molecule has 20 heavy (non-hydrogen) atoms. The first-order chi connectivity index (χ1) is 9.44. The molecule has 6 heteroatoms. The average molecular weight is 278 g/mol. The molecule has 0 saturated heterocycles. The third-order valence-corrected chi connectivity index (χ3v) is 4.14. The molecule has 1 aromatic heterocycles. The molecule has 0 aromatic carbocycles. The van der Waals surface area contributed by atoms with Crippen LogP contribution in [0, 0.1) is 15.5 Å². The van der Waals surface area contributed by atoms with Crippen molar-refractivity contribution in [3.8, 4) is 0 Å². The number of aromatic nitrogens is 1. The second kappa shape index (κ2) is 5.64. The number of pyridine rings is 1. The van der Waals surface area contributed by atoms with Crippen LogP contribution in [0.25, 0.3) is 0 Å². The van der Waals surface area contributed by atoms with Gasteiger partial charge >= 0.3 is 5.69 Å². The van der Waals surface area contributed by atoms with Gasteiger partial charge in [0.25, 0.3) is 0 Å². The van der Waals surface area contributed by atoms with Crippen LogP contribution in [0.4, 0.5) is 17.3 Å². The third kappa shape index (κ3) is 3.00. The van der Waals surface area contributed by atoms with Crippen LogP contribution in [0.1, 0.15) is 39.5 Å². The van der Waals surface area contributed by atoms with Crippen LogP contribution in [-0.2, 0) is 0 Å². The molecule has 6 nitrogen and oxygen atoms in total. The van der Waals surface area contributed by atoms with Crippen molar-refractivity contribution in [1.29, 1.82) is 0 Å². The quantitative estimate of drug-likeness (QED) is 0.651. The van der Waals surface area contributed by atoms with Crippen LogP contribution in [0.2, 0.25) is 0 Å². The first kappa shape index (κ1) is 14.6. The minimum absolute atomic E-state index is 0.0328. The van der Waals surface area contributed by atoms with Gasteiger partial charge in [0.15, 0.2) is 0 Å². The van der Waals surface area contributed by atoms with Crippen molar-refractivity contribution in [3.05, 3.63) is 22.2 Å². The van der Waals surface area contributed by atoms with E-state index in [1.54, 1.807) is 13.1 Å². The topological polar surface area (TPSA) is 80.1 Å². The van der Waals surface area contributed by atoms with Crippen LogP contribution in [0.3, 0.4) is 0 Å². The molecule has 1 unspecified atom stereocenters. The van der Waals surface area contributed by atoms with E-state index >= 15 is 0 Å². The molecule has 1 aliphatic carbocycles. The maximum Gasteiger partial charge on any atom is 0.311 e. The highest BCUT2D eigenvalue weighted by Gasteiger charge is 2.33. The normalized spacial score (nSPS) is 21.2. The molecule has 1 heterocycles. The van der Waals surface area contributed by atoms with Crippen molar-refractivity contribution in [1.82, 2.24) is 4.98 Å². The monoisotopic (exact) mass is 278 g/mol. The zero-order chi connectivity index (χ0) is 14.8. The lowest BCUT2D eigenvalue weighted by atomic mass is 9.73. The number of nitrogens with one attached hydrogen (secondary N) is 2. The molecule has 0 aliphatic heterocycles. The van der Waals surface area contributed by atoms with E-state index < -0.39 is 0 Å². The summed E-state index contributed by atoms with van der Waals surface area (Å²) < 4.78 is 0. The van der Waals surface area contributed by atoms with Crippen LogP contribution in [0.5, 0.6) is 0 Å². The SMILES string of the molecule is CNc1ccc([N+](=O)[O-])c(NC2CCCCC2(C)C)n1. The lowest BCUT2D eigenvalue weighted by molar-refractivity contribution is -0.384. The first-order valence-corrected chi connectivity index (χ1v) is 7.04. The van der Waals surface area contributed by atoms with Crippen LogP contribution < -0.4 is 10.6 Å². The molecule has 0 amide bonds. The fourth-order valence-electron chi connectivity index (χ4n) is 2.77. The number of anilines is 2. The van der Waals surface area contributed by atoms with Crippen molar-refractivity contribution in [2.24, 2.45) is 5.41 Å². The zero-order valence-electron chi connectivity index (χ0n) is 12.3. The number of hydrogen-bond donors (Lipinski definition) is 2.